The maximum absolute atomic E-state index is 13.5. The number of halogens is 3. The minimum absolute atomic E-state index is 0.136. The average Bonchev–Trinajstić information content (AvgIpc) is 3.00. The van der Waals surface area contributed by atoms with Crippen molar-refractivity contribution >= 4 is 22.0 Å². The molecule has 0 unspecified atom stereocenters. The van der Waals surface area contributed by atoms with Gasteiger partial charge in [0.1, 0.15) is 5.58 Å². The number of nitrogens with zero attached hydrogens (tertiary/aromatic N) is 2. The van der Waals surface area contributed by atoms with Crippen LogP contribution < -0.4 is 5.63 Å². The Morgan fingerprint density at radius 2 is 1.89 bits per heavy atom. The molecule has 0 aliphatic rings. The van der Waals surface area contributed by atoms with Crippen LogP contribution in [-0.2, 0) is 19.1 Å². The van der Waals surface area contributed by atoms with Crippen molar-refractivity contribution in [3.63, 3.8) is 0 Å². The van der Waals surface area contributed by atoms with Crippen molar-refractivity contribution in [2.45, 2.75) is 26.1 Å². The zero-order valence-corrected chi connectivity index (χ0v) is 14.4. The number of fused-ring (bicyclic) bond motifs is 2. The van der Waals surface area contributed by atoms with Crippen molar-refractivity contribution in [1.82, 2.24) is 9.55 Å². The van der Waals surface area contributed by atoms with Crippen LogP contribution in [0.5, 0.6) is 0 Å². The van der Waals surface area contributed by atoms with Crippen LogP contribution in [0.3, 0.4) is 0 Å². The first kappa shape index (κ1) is 17.3. The molecule has 0 fully saturated rings. The van der Waals surface area contributed by atoms with Crippen molar-refractivity contribution in [2.75, 3.05) is 0 Å². The normalized spacial score (nSPS) is 12.1. The molecule has 0 radical (unpaired) electrons. The quantitative estimate of drug-likeness (QED) is 0.487. The summed E-state index contributed by atoms with van der Waals surface area (Å²) in [6.45, 7) is 1.83. The standard InChI is InChI=1S/C20H15F3N2O2/c1-2-12-7-8-14-13(10-18(26)27-17(14)9-12)11-25-16-6-4-3-5-15(16)24-19(25)20(21,22)23/h3-10H,2,11H2,1H3. The van der Waals surface area contributed by atoms with Crippen molar-refractivity contribution in [3.8, 4) is 0 Å². The van der Waals surface area contributed by atoms with Crippen LogP contribution in [0.1, 0.15) is 23.9 Å². The minimum atomic E-state index is -4.61. The molecule has 0 bridgehead atoms. The fraction of sp³-hybridized carbons (Fsp3) is 0.200. The first-order chi connectivity index (χ1) is 12.9. The first-order valence-corrected chi connectivity index (χ1v) is 8.45. The highest BCUT2D eigenvalue weighted by atomic mass is 19.4. The Morgan fingerprint density at radius 1 is 1.11 bits per heavy atom. The first-order valence-electron chi connectivity index (χ1n) is 8.45. The van der Waals surface area contributed by atoms with E-state index in [0.29, 0.717) is 22.0 Å². The second-order valence-electron chi connectivity index (χ2n) is 6.28. The Balaban J connectivity index is 1.94. The van der Waals surface area contributed by atoms with Gasteiger partial charge in [-0.1, -0.05) is 31.2 Å². The topological polar surface area (TPSA) is 48.0 Å². The summed E-state index contributed by atoms with van der Waals surface area (Å²) in [5, 5.41) is 0.609. The van der Waals surface area contributed by atoms with E-state index in [1.165, 1.54) is 12.1 Å². The molecular formula is C20H15F3N2O2. The van der Waals surface area contributed by atoms with Crippen LogP contribution in [-0.4, -0.2) is 9.55 Å². The van der Waals surface area contributed by atoms with Gasteiger partial charge in [-0.05, 0) is 35.7 Å². The average molecular weight is 372 g/mol. The van der Waals surface area contributed by atoms with Gasteiger partial charge >= 0.3 is 11.8 Å². The van der Waals surface area contributed by atoms with Gasteiger partial charge in [0.05, 0.1) is 17.6 Å². The van der Waals surface area contributed by atoms with Gasteiger partial charge in [-0.25, -0.2) is 9.78 Å². The highest BCUT2D eigenvalue weighted by molar-refractivity contribution is 5.81. The number of aryl methyl sites for hydroxylation is 1. The third-order valence-corrected chi connectivity index (χ3v) is 4.54. The van der Waals surface area contributed by atoms with Gasteiger partial charge in [0.25, 0.3) is 0 Å². The third-order valence-electron chi connectivity index (χ3n) is 4.54. The summed E-state index contributed by atoms with van der Waals surface area (Å²) in [7, 11) is 0. The van der Waals surface area contributed by atoms with E-state index >= 15 is 0 Å². The number of alkyl halides is 3. The van der Waals surface area contributed by atoms with E-state index in [-0.39, 0.29) is 12.1 Å². The molecule has 7 heteroatoms. The number of imidazole rings is 1. The van der Waals surface area contributed by atoms with Gasteiger partial charge in [-0.15, -0.1) is 0 Å². The van der Waals surface area contributed by atoms with Gasteiger partial charge in [0, 0.05) is 11.5 Å². The van der Waals surface area contributed by atoms with Gasteiger partial charge in [-0.2, -0.15) is 13.2 Å². The van der Waals surface area contributed by atoms with E-state index < -0.39 is 17.6 Å². The summed E-state index contributed by atoms with van der Waals surface area (Å²) in [4.78, 5) is 15.7. The molecule has 2 heterocycles. The van der Waals surface area contributed by atoms with Gasteiger partial charge in [0.15, 0.2) is 0 Å². The zero-order valence-electron chi connectivity index (χ0n) is 14.4. The van der Waals surface area contributed by atoms with Crippen LogP contribution in [0.15, 0.2) is 57.7 Å². The Kier molecular flexibility index (Phi) is 4.02. The lowest BCUT2D eigenvalue weighted by Crippen LogP contribution is -2.16. The smallest absolute Gasteiger partial charge is 0.423 e. The summed E-state index contributed by atoms with van der Waals surface area (Å²) >= 11 is 0. The van der Waals surface area contributed by atoms with Crippen LogP contribution >= 0.6 is 0 Å². The number of hydrogen-bond donors (Lipinski definition) is 0. The van der Waals surface area contributed by atoms with Gasteiger partial charge in [0.2, 0.25) is 5.82 Å². The largest absolute Gasteiger partial charge is 0.449 e. The molecule has 138 valence electrons. The molecule has 2 aromatic heterocycles. The molecule has 2 aromatic carbocycles. The molecule has 4 rings (SSSR count). The van der Waals surface area contributed by atoms with Crippen molar-refractivity contribution in [3.05, 3.63) is 75.9 Å². The molecule has 0 amide bonds. The van der Waals surface area contributed by atoms with Crippen LogP contribution in [0.2, 0.25) is 0 Å². The van der Waals surface area contributed by atoms with Crippen LogP contribution in [0, 0.1) is 0 Å². The molecule has 4 nitrogen and oxygen atoms in total. The second kappa shape index (κ2) is 6.26. The van der Waals surface area contributed by atoms with E-state index in [9.17, 15) is 18.0 Å². The lowest BCUT2D eigenvalue weighted by molar-refractivity contribution is -0.146. The highest BCUT2D eigenvalue weighted by Crippen LogP contribution is 2.32. The van der Waals surface area contributed by atoms with E-state index in [0.717, 1.165) is 16.6 Å². The highest BCUT2D eigenvalue weighted by Gasteiger charge is 2.37. The van der Waals surface area contributed by atoms with Crippen molar-refractivity contribution in [1.29, 1.82) is 0 Å². The fourth-order valence-corrected chi connectivity index (χ4v) is 3.25. The summed E-state index contributed by atoms with van der Waals surface area (Å²) in [6, 6.07) is 13.1. The SMILES string of the molecule is CCc1ccc2c(Cn3c(C(F)(F)F)nc4ccccc43)cc(=O)oc2c1. The molecule has 0 saturated heterocycles. The Bertz CT molecular complexity index is 1210. The molecule has 0 N–H and O–H groups in total. The van der Waals surface area contributed by atoms with Crippen molar-refractivity contribution in [2.24, 2.45) is 0 Å². The summed E-state index contributed by atoms with van der Waals surface area (Å²) in [5.74, 6) is -0.990. The van der Waals surface area contributed by atoms with Crippen LogP contribution in [0.25, 0.3) is 22.0 Å². The molecule has 27 heavy (non-hydrogen) atoms. The Labute approximate surface area is 151 Å². The Morgan fingerprint density at radius 3 is 2.63 bits per heavy atom. The van der Waals surface area contributed by atoms with E-state index in [2.05, 4.69) is 4.98 Å². The molecule has 0 atom stereocenters. The molecular weight excluding hydrogens is 357 g/mol. The lowest BCUT2D eigenvalue weighted by Gasteiger charge is -2.13. The third kappa shape index (κ3) is 3.09. The van der Waals surface area contributed by atoms with E-state index in [1.807, 2.05) is 13.0 Å². The molecule has 4 aromatic rings. The monoisotopic (exact) mass is 372 g/mol. The van der Waals surface area contributed by atoms with E-state index in [1.54, 1.807) is 30.3 Å². The lowest BCUT2D eigenvalue weighted by atomic mass is 10.1. The second-order valence-corrected chi connectivity index (χ2v) is 6.28. The number of aromatic nitrogens is 2. The molecule has 0 aliphatic carbocycles. The minimum Gasteiger partial charge on any atom is -0.423 e. The maximum Gasteiger partial charge on any atom is 0.449 e. The molecule has 0 aliphatic heterocycles. The zero-order chi connectivity index (χ0) is 19.2. The van der Waals surface area contributed by atoms with Crippen LogP contribution in [0.4, 0.5) is 13.2 Å². The number of benzene rings is 2. The molecule has 0 saturated carbocycles. The van der Waals surface area contributed by atoms with Gasteiger partial charge < -0.3 is 8.98 Å². The Hall–Kier alpha value is -3.09. The number of rotatable bonds is 3. The number of para-hydroxylation sites is 2. The summed E-state index contributed by atoms with van der Waals surface area (Å²) in [5.41, 5.74) is 1.82. The summed E-state index contributed by atoms with van der Waals surface area (Å²) < 4.78 is 46.9. The van der Waals surface area contributed by atoms with E-state index in [4.69, 9.17) is 4.42 Å². The predicted octanol–water partition coefficient (Wildman–Crippen LogP) is 4.77. The predicted molar refractivity (Wildman–Crippen MR) is 95.7 cm³/mol. The van der Waals surface area contributed by atoms with Gasteiger partial charge in [-0.3, -0.25) is 0 Å². The maximum atomic E-state index is 13.5. The molecule has 0 spiro atoms. The fourth-order valence-electron chi connectivity index (χ4n) is 3.25. The summed E-state index contributed by atoms with van der Waals surface area (Å²) in [6.07, 6.45) is -3.85. The number of hydrogen-bond acceptors (Lipinski definition) is 3. The van der Waals surface area contributed by atoms with Crippen molar-refractivity contribution < 1.29 is 17.6 Å².